The molecule has 0 aliphatic rings. The molecule has 0 aliphatic heterocycles. The quantitative estimate of drug-likeness (QED) is 0.767. The van der Waals surface area contributed by atoms with Crippen molar-refractivity contribution in [2.24, 2.45) is 0 Å². The fraction of sp³-hybridized carbons (Fsp3) is 0.0769. The van der Waals surface area contributed by atoms with Crippen LogP contribution in [0.5, 0.6) is 5.75 Å². The molecule has 1 nitrogen and oxygen atoms in total. The number of hydrogen-bond acceptors (Lipinski definition) is 1. The smallest absolute Gasteiger partial charge is 0.115 e. The number of halogens is 1. The van der Waals surface area contributed by atoms with E-state index in [1.54, 1.807) is 12.1 Å². The van der Waals surface area contributed by atoms with Crippen LogP contribution in [0.1, 0.15) is 5.56 Å². The highest BCUT2D eigenvalue weighted by Crippen LogP contribution is 2.27. The Labute approximate surface area is 94.0 Å². The van der Waals surface area contributed by atoms with Gasteiger partial charge in [-0.05, 0) is 47.9 Å². The zero-order chi connectivity index (χ0) is 10.8. The van der Waals surface area contributed by atoms with Crippen molar-refractivity contribution in [2.75, 3.05) is 0 Å². The van der Waals surface area contributed by atoms with E-state index in [9.17, 15) is 5.11 Å². The van der Waals surface area contributed by atoms with Gasteiger partial charge in [0.2, 0.25) is 0 Å². The summed E-state index contributed by atoms with van der Waals surface area (Å²) in [6.45, 7) is 1.98. The molecule has 2 rings (SSSR count). The van der Waals surface area contributed by atoms with Crippen molar-refractivity contribution in [1.29, 1.82) is 0 Å². The maximum Gasteiger partial charge on any atom is 0.115 e. The zero-order valence-electron chi connectivity index (χ0n) is 8.37. The molecular formula is C13H11ClO. The highest BCUT2D eigenvalue weighted by Gasteiger charge is 2.02. The minimum atomic E-state index is 0.296. The summed E-state index contributed by atoms with van der Waals surface area (Å²) >= 11 is 5.82. The Hall–Kier alpha value is -1.47. The number of benzene rings is 2. The lowest BCUT2D eigenvalue weighted by molar-refractivity contribution is 0.475. The average Bonchev–Trinajstić information content (AvgIpc) is 2.20. The minimum Gasteiger partial charge on any atom is -0.508 e. The average molecular weight is 219 g/mol. The molecule has 0 bridgehead atoms. The molecular weight excluding hydrogens is 208 g/mol. The Morgan fingerprint density at radius 2 is 1.67 bits per heavy atom. The molecule has 0 atom stereocenters. The monoisotopic (exact) mass is 218 g/mol. The summed E-state index contributed by atoms with van der Waals surface area (Å²) in [5, 5.41) is 10.0. The number of phenolic OH excluding ortho intramolecular Hbond substituents is 1. The fourth-order valence-corrected chi connectivity index (χ4v) is 1.73. The van der Waals surface area contributed by atoms with Gasteiger partial charge in [-0.2, -0.15) is 0 Å². The summed E-state index contributed by atoms with van der Waals surface area (Å²) in [5.74, 6) is 0.296. The first-order valence-electron chi connectivity index (χ1n) is 4.72. The van der Waals surface area contributed by atoms with Crippen molar-refractivity contribution in [1.82, 2.24) is 0 Å². The van der Waals surface area contributed by atoms with Gasteiger partial charge in [-0.25, -0.2) is 0 Å². The highest BCUT2D eigenvalue weighted by atomic mass is 35.5. The number of rotatable bonds is 1. The predicted molar refractivity (Wildman–Crippen MR) is 63.3 cm³/mol. The van der Waals surface area contributed by atoms with Crippen LogP contribution in [0.25, 0.3) is 11.1 Å². The SMILES string of the molecule is Cc1cc(O)ccc1-c1ccc(Cl)cc1. The minimum absolute atomic E-state index is 0.296. The van der Waals surface area contributed by atoms with Crippen LogP contribution in [-0.4, -0.2) is 5.11 Å². The Morgan fingerprint density at radius 3 is 2.27 bits per heavy atom. The second-order valence-corrected chi connectivity index (χ2v) is 3.94. The number of hydrogen-bond donors (Lipinski definition) is 1. The molecule has 2 aromatic rings. The van der Waals surface area contributed by atoms with Gasteiger partial charge in [0, 0.05) is 5.02 Å². The zero-order valence-corrected chi connectivity index (χ0v) is 9.12. The van der Waals surface area contributed by atoms with Crippen LogP contribution >= 0.6 is 11.6 Å². The van der Waals surface area contributed by atoms with Gasteiger partial charge >= 0.3 is 0 Å². The van der Waals surface area contributed by atoms with E-state index in [2.05, 4.69) is 0 Å². The lowest BCUT2D eigenvalue weighted by atomic mass is 10.0. The van der Waals surface area contributed by atoms with Gasteiger partial charge in [0.25, 0.3) is 0 Å². The van der Waals surface area contributed by atoms with Crippen molar-refractivity contribution in [2.45, 2.75) is 6.92 Å². The van der Waals surface area contributed by atoms with Crippen molar-refractivity contribution in [3.63, 3.8) is 0 Å². The Balaban J connectivity index is 2.49. The molecule has 0 aromatic heterocycles. The third-order valence-corrected chi connectivity index (χ3v) is 2.62. The van der Waals surface area contributed by atoms with E-state index in [4.69, 9.17) is 11.6 Å². The lowest BCUT2D eigenvalue weighted by Crippen LogP contribution is -1.82. The summed E-state index contributed by atoms with van der Waals surface area (Å²) in [7, 11) is 0. The second-order valence-electron chi connectivity index (χ2n) is 3.51. The number of phenols is 1. The molecule has 0 unspecified atom stereocenters. The molecule has 0 radical (unpaired) electrons. The number of aryl methyl sites for hydroxylation is 1. The summed E-state index contributed by atoms with van der Waals surface area (Å²) in [6.07, 6.45) is 0. The Kier molecular flexibility index (Phi) is 2.65. The molecule has 0 amide bonds. The van der Waals surface area contributed by atoms with Crippen LogP contribution < -0.4 is 0 Å². The van der Waals surface area contributed by atoms with Crippen LogP contribution in [0.2, 0.25) is 5.02 Å². The van der Waals surface area contributed by atoms with E-state index in [-0.39, 0.29) is 0 Å². The van der Waals surface area contributed by atoms with Crippen molar-refractivity contribution in [3.8, 4) is 16.9 Å². The van der Waals surface area contributed by atoms with Crippen molar-refractivity contribution >= 4 is 11.6 Å². The molecule has 2 aromatic carbocycles. The van der Waals surface area contributed by atoms with Crippen LogP contribution in [0.4, 0.5) is 0 Å². The molecule has 76 valence electrons. The fourth-order valence-electron chi connectivity index (χ4n) is 1.60. The molecule has 15 heavy (non-hydrogen) atoms. The molecule has 0 spiro atoms. The van der Waals surface area contributed by atoms with Crippen LogP contribution in [-0.2, 0) is 0 Å². The van der Waals surface area contributed by atoms with Crippen molar-refractivity contribution in [3.05, 3.63) is 53.1 Å². The van der Waals surface area contributed by atoms with Crippen LogP contribution in [0.3, 0.4) is 0 Å². The third kappa shape index (κ3) is 2.13. The maximum absolute atomic E-state index is 9.31. The molecule has 0 saturated heterocycles. The first-order chi connectivity index (χ1) is 7.16. The standard InChI is InChI=1S/C13H11ClO/c1-9-8-12(15)6-7-13(9)10-2-4-11(14)5-3-10/h2-8,15H,1H3. The molecule has 0 aliphatic carbocycles. The summed E-state index contributed by atoms with van der Waals surface area (Å²) in [4.78, 5) is 0. The second kappa shape index (κ2) is 3.95. The molecule has 0 fully saturated rings. The van der Waals surface area contributed by atoms with Gasteiger partial charge < -0.3 is 5.11 Å². The summed E-state index contributed by atoms with van der Waals surface area (Å²) in [5.41, 5.74) is 3.28. The van der Waals surface area contributed by atoms with E-state index in [0.717, 1.165) is 21.7 Å². The maximum atomic E-state index is 9.31. The largest absolute Gasteiger partial charge is 0.508 e. The van der Waals surface area contributed by atoms with Crippen LogP contribution in [0.15, 0.2) is 42.5 Å². The van der Waals surface area contributed by atoms with Crippen molar-refractivity contribution < 1.29 is 5.11 Å². The first kappa shape index (κ1) is 10.1. The highest BCUT2D eigenvalue weighted by molar-refractivity contribution is 6.30. The predicted octanol–water partition coefficient (Wildman–Crippen LogP) is 4.02. The molecule has 0 saturated carbocycles. The normalized spacial score (nSPS) is 10.3. The van der Waals surface area contributed by atoms with E-state index in [1.807, 2.05) is 37.3 Å². The molecule has 0 heterocycles. The topological polar surface area (TPSA) is 20.2 Å². The molecule has 2 heteroatoms. The van der Waals surface area contributed by atoms with Gasteiger partial charge in [-0.1, -0.05) is 29.8 Å². The van der Waals surface area contributed by atoms with E-state index < -0.39 is 0 Å². The third-order valence-electron chi connectivity index (χ3n) is 2.37. The number of aromatic hydroxyl groups is 1. The van der Waals surface area contributed by atoms with Gasteiger partial charge in [-0.15, -0.1) is 0 Å². The first-order valence-corrected chi connectivity index (χ1v) is 5.10. The van der Waals surface area contributed by atoms with Gasteiger partial charge in [0.1, 0.15) is 5.75 Å². The summed E-state index contributed by atoms with van der Waals surface area (Å²) in [6, 6.07) is 13.0. The van der Waals surface area contributed by atoms with Gasteiger partial charge in [-0.3, -0.25) is 0 Å². The Morgan fingerprint density at radius 1 is 1.00 bits per heavy atom. The van der Waals surface area contributed by atoms with E-state index in [1.165, 1.54) is 0 Å². The van der Waals surface area contributed by atoms with Gasteiger partial charge in [0.05, 0.1) is 0 Å². The van der Waals surface area contributed by atoms with Gasteiger partial charge in [0.15, 0.2) is 0 Å². The summed E-state index contributed by atoms with van der Waals surface area (Å²) < 4.78 is 0. The van der Waals surface area contributed by atoms with E-state index >= 15 is 0 Å². The molecule has 1 N–H and O–H groups in total. The van der Waals surface area contributed by atoms with E-state index in [0.29, 0.717) is 5.75 Å². The lowest BCUT2D eigenvalue weighted by Gasteiger charge is -2.06. The van der Waals surface area contributed by atoms with Crippen LogP contribution in [0, 0.1) is 6.92 Å². The Bertz CT molecular complexity index is 474.